The number of benzene rings is 2. The van der Waals surface area contributed by atoms with E-state index >= 15 is 0 Å². The second-order valence-corrected chi connectivity index (χ2v) is 11.5. The number of esters is 1. The minimum absolute atomic E-state index is 0.114. The standard InChI is InChI=1S/C27H31ClN2O3S2/c1-30(2)25(31)13-15-34-27(35-16-14-26(32)33-3)21-6-4-5-19(17-21)7-11-23-12-9-20-8-10-22(28)18-24(20)29-23/h4-8,10-11,17-18,27H,9,12-16H2,1-3H3/b11-7+. The number of fused-ring (bicyclic) bond motifs is 1. The summed E-state index contributed by atoms with van der Waals surface area (Å²) in [6.07, 6.45) is 6.86. The van der Waals surface area contributed by atoms with E-state index in [2.05, 4.69) is 30.4 Å². The average molecular weight is 531 g/mol. The van der Waals surface area contributed by atoms with Crippen molar-refractivity contribution in [2.75, 3.05) is 32.7 Å². The second-order valence-electron chi connectivity index (χ2n) is 8.32. The summed E-state index contributed by atoms with van der Waals surface area (Å²) in [5.74, 6) is 1.27. The predicted molar refractivity (Wildman–Crippen MR) is 150 cm³/mol. The van der Waals surface area contributed by atoms with Crippen LogP contribution in [0.3, 0.4) is 0 Å². The van der Waals surface area contributed by atoms with Gasteiger partial charge in [-0.25, -0.2) is 0 Å². The fourth-order valence-electron chi connectivity index (χ4n) is 3.52. The molecule has 0 aromatic heterocycles. The summed E-state index contributed by atoms with van der Waals surface area (Å²) in [6.45, 7) is 0. The van der Waals surface area contributed by atoms with E-state index in [0.717, 1.165) is 35.4 Å². The van der Waals surface area contributed by atoms with Crippen LogP contribution in [0.15, 0.2) is 53.5 Å². The number of methoxy groups -OCH3 is 1. The van der Waals surface area contributed by atoms with Crippen LogP contribution < -0.4 is 0 Å². The summed E-state index contributed by atoms with van der Waals surface area (Å²) in [5.41, 5.74) is 5.46. The number of aliphatic imine (C=N–C) groups is 1. The molecule has 1 amide bonds. The van der Waals surface area contributed by atoms with E-state index < -0.39 is 0 Å². The molecule has 1 aliphatic rings. The number of thioether (sulfide) groups is 2. The number of ether oxygens (including phenoxy) is 1. The Morgan fingerprint density at radius 1 is 1.09 bits per heavy atom. The molecule has 5 nitrogen and oxygen atoms in total. The van der Waals surface area contributed by atoms with Gasteiger partial charge in [-0.2, -0.15) is 0 Å². The second kappa shape index (κ2) is 13.8. The van der Waals surface area contributed by atoms with Crippen LogP contribution in [0.4, 0.5) is 5.69 Å². The van der Waals surface area contributed by atoms with Gasteiger partial charge in [0.25, 0.3) is 0 Å². The normalized spacial score (nSPS) is 13.8. The lowest BCUT2D eigenvalue weighted by atomic mass is 10.0. The number of aryl methyl sites for hydroxylation is 1. The Hall–Kier alpha value is -2.22. The first-order valence-corrected chi connectivity index (χ1v) is 14.0. The number of carbonyl (C=O) groups is 2. The Bertz CT molecular complexity index is 1100. The third kappa shape index (κ3) is 8.74. The molecule has 1 aliphatic heterocycles. The van der Waals surface area contributed by atoms with Gasteiger partial charge in [0.2, 0.25) is 5.91 Å². The minimum Gasteiger partial charge on any atom is -0.469 e. The number of hydrogen-bond donors (Lipinski definition) is 0. The molecule has 0 aliphatic carbocycles. The first-order valence-electron chi connectivity index (χ1n) is 11.5. The van der Waals surface area contributed by atoms with Crippen LogP contribution >= 0.6 is 35.1 Å². The summed E-state index contributed by atoms with van der Waals surface area (Å²) in [7, 11) is 4.95. The van der Waals surface area contributed by atoms with Crippen molar-refractivity contribution < 1.29 is 14.3 Å². The maximum atomic E-state index is 12.0. The van der Waals surface area contributed by atoms with Crippen molar-refractivity contribution in [1.29, 1.82) is 0 Å². The Morgan fingerprint density at radius 3 is 2.60 bits per heavy atom. The lowest BCUT2D eigenvalue weighted by molar-refractivity contribution is -0.140. The highest BCUT2D eigenvalue weighted by Gasteiger charge is 2.16. The number of hydrogen-bond acceptors (Lipinski definition) is 6. The number of amides is 1. The maximum absolute atomic E-state index is 12.0. The summed E-state index contributed by atoms with van der Waals surface area (Å²) in [6, 6.07) is 14.3. The van der Waals surface area contributed by atoms with Crippen LogP contribution in [0, 0.1) is 0 Å². The van der Waals surface area contributed by atoms with Crippen molar-refractivity contribution in [1.82, 2.24) is 4.90 Å². The van der Waals surface area contributed by atoms with Gasteiger partial charge in [-0.1, -0.05) is 41.9 Å². The van der Waals surface area contributed by atoms with Gasteiger partial charge in [-0.15, -0.1) is 23.5 Å². The van der Waals surface area contributed by atoms with E-state index in [9.17, 15) is 9.59 Å². The topological polar surface area (TPSA) is 59.0 Å². The summed E-state index contributed by atoms with van der Waals surface area (Å²) in [4.78, 5) is 30.0. The Labute approximate surface area is 221 Å². The number of nitrogens with zero attached hydrogens (tertiary/aromatic N) is 2. The molecule has 1 unspecified atom stereocenters. The highest BCUT2D eigenvalue weighted by atomic mass is 35.5. The first-order chi connectivity index (χ1) is 16.9. The van der Waals surface area contributed by atoms with Crippen molar-refractivity contribution in [3.05, 3.63) is 70.3 Å². The SMILES string of the molecule is COC(=O)CCSC(SCCC(=O)N(C)C)c1cccc(/C=C/C2=Nc3cc(Cl)ccc3CC2)c1. The molecule has 1 heterocycles. The molecule has 2 aromatic rings. The van der Waals surface area contributed by atoms with Gasteiger partial charge in [0.05, 0.1) is 23.8 Å². The van der Waals surface area contributed by atoms with Gasteiger partial charge in [-0.05, 0) is 53.8 Å². The van der Waals surface area contributed by atoms with Crippen LogP contribution in [0.2, 0.25) is 5.02 Å². The fraction of sp³-hybridized carbons (Fsp3) is 0.370. The molecule has 0 fully saturated rings. The number of carbonyl (C=O) groups excluding carboxylic acids is 2. The molecule has 0 bridgehead atoms. The van der Waals surface area contributed by atoms with Crippen molar-refractivity contribution in [3.63, 3.8) is 0 Å². The maximum Gasteiger partial charge on any atom is 0.306 e. The van der Waals surface area contributed by atoms with E-state index in [-0.39, 0.29) is 16.5 Å². The average Bonchev–Trinajstić information content (AvgIpc) is 2.86. The van der Waals surface area contributed by atoms with Gasteiger partial charge >= 0.3 is 5.97 Å². The van der Waals surface area contributed by atoms with Crippen LogP contribution in [0.1, 0.15) is 40.5 Å². The highest BCUT2D eigenvalue weighted by Crippen LogP contribution is 2.40. The predicted octanol–water partition coefficient (Wildman–Crippen LogP) is 6.58. The molecule has 0 saturated heterocycles. The number of halogens is 1. The minimum atomic E-state index is -0.211. The molecule has 2 aromatic carbocycles. The Morgan fingerprint density at radius 2 is 1.86 bits per heavy atom. The molecular weight excluding hydrogens is 500 g/mol. The van der Waals surface area contributed by atoms with Crippen molar-refractivity contribution in [2.45, 2.75) is 30.3 Å². The van der Waals surface area contributed by atoms with E-state index in [4.69, 9.17) is 21.3 Å². The fourth-order valence-corrected chi connectivity index (χ4v) is 6.33. The zero-order chi connectivity index (χ0) is 25.2. The third-order valence-corrected chi connectivity index (χ3v) is 8.58. The molecule has 1 atom stereocenters. The van der Waals surface area contributed by atoms with Gasteiger partial charge < -0.3 is 9.64 Å². The molecule has 35 heavy (non-hydrogen) atoms. The lowest BCUT2D eigenvalue weighted by Gasteiger charge is -2.18. The molecule has 0 saturated carbocycles. The zero-order valence-electron chi connectivity index (χ0n) is 20.3. The largest absolute Gasteiger partial charge is 0.469 e. The lowest BCUT2D eigenvalue weighted by Crippen LogP contribution is -2.21. The highest BCUT2D eigenvalue weighted by molar-refractivity contribution is 8.16. The van der Waals surface area contributed by atoms with Crippen LogP contribution in [-0.2, 0) is 20.7 Å². The van der Waals surface area contributed by atoms with Gasteiger partial charge in [0, 0.05) is 42.8 Å². The van der Waals surface area contributed by atoms with Crippen molar-refractivity contribution in [3.8, 4) is 0 Å². The van der Waals surface area contributed by atoms with E-state index in [1.54, 1.807) is 42.5 Å². The molecule has 0 N–H and O–H groups in total. The van der Waals surface area contributed by atoms with Crippen LogP contribution in [0.5, 0.6) is 0 Å². The quantitative estimate of drug-likeness (QED) is 0.242. The molecular formula is C27H31ClN2O3S2. The Kier molecular flexibility index (Phi) is 10.8. The van der Waals surface area contributed by atoms with Gasteiger partial charge in [0.15, 0.2) is 0 Å². The zero-order valence-corrected chi connectivity index (χ0v) is 22.7. The molecule has 0 radical (unpaired) electrons. The first kappa shape index (κ1) is 27.4. The van der Waals surface area contributed by atoms with Crippen LogP contribution in [-0.4, -0.2) is 55.2 Å². The van der Waals surface area contributed by atoms with Crippen molar-refractivity contribution in [2.24, 2.45) is 4.99 Å². The summed E-state index contributed by atoms with van der Waals surface area (Å²) < 4.78 is 4.89. The van der Waals surface area contributed by atoms with E-state index in [1.807, 2.05) is 24.3 Å². The van der Waals surface area contributed by atoms with E-state index in [1.165, 1.54) is 12.7 Å². The molecule has 8 heteroatoms. The van der Waals surface area contributed by atoms with Crippen LogP contribution in [0.25, 0.3) is 6.08 Å². The molecule has 0 spiro atoms. The number of rotatable bonds is 11. The summed E-state index contributed by atoms with van der Waals surface area (Å²) >= 11 is 9.57. The molecule has 186 valence electrons. The van der Waals surface area contributed by atoms with E-state index in [0.29, 0.717) is 29.4 Å². The Balaban J connectivity index is 1.71. The third-order valence-electron chi connectivity index (χ3n) is 5.50. The molecule has 3 rings (SSSR count). The van der Waals surface area contributed by atoms with Gasteiger partial charge in [0.1, 0.15) is 0 Å². The monoisotopic (exact) mass is 530 g/mol. The van der Waals surface area contributed by atoms with Crippen molar-refractivity contribution >= 4 is 64.5 Å². The smallest absolute Gasteiger partial charge is 0.306 e. The van der Waals surface area contributed by atoms with Gasteiger partial charge in [-0.3, -0.25) is 14.6 Å². The summed E-state index contributed by atoms with van der Waals surface area (Å²) in [5, 5.41) is 0.700. The number of allylic oxidation sites excluding steroid dienone is 1.